The molecule has 0 atom stereocenters. The van der Waals surface area contributed by atoms with Gasteiger partial charge in [0.25, 0.3) is 0 Å². The monoisotopic (exact) mass is 230 g/mol. The Morgan fingerprint density at radius 3 is 1.76 bits per heavy atom. The van der Waals surface area contributed by atoms with Crippen LogP contribution in [0.25, 0.3) is 0 Å². The lowest BCUT2D eigenvalue weighted by Gasteiger charge is -2.07. The smallest absolute Gasteiger partial charge is 0.166 e. The first-order valence-corrected chi connectivity index (χ1v) is 5.56. The molecule has 0 aliphatic rings. The van der Waals surface area contributed by atoms with Crippen molar-refractivity contribution in [2.45, 2.75) is 19.5 Å². The summed E-state index contributed by atoms with van der Waals surface area (Å²) in [4.78, 5) is 21.4. The van der Waals surface area contributed by atoms with Crippen molar-refractivity contribution in [1.82, 2.24) is 9.13 Å². The number of hydrogen-bond donors (Lipinski definition) is 0. The zero-order valence-electron chi connectivity index (χ0n) is 9.45. The topological polar surface area (TPSA) is 44.0 Å². The van der Waals surface area contributed by atoms with E-state index in [-0.39, 0.29) is 0 Å². The van der Waals surface area contributed by atoms with Gasteiger partial charge in [-0.15, -0.1) is 0 Å². The largest absolute Gasteiger partial charge is 0.345 e. The number of carbonyl (C=O) groups is 2. The predicted molar refractivity (Wildman–Crippen MR) is 64.3 cm³/mol. The Balaban J connectivity index is 1.92. The van der Waals surface area contributed by atoms with Crippen LogP contribution in [0.5, 0.6) is 0 Å². The highest BCUT2D eigenvalue weighted by Gasteiger charge is 2.01. The average molecular weight is 230 g/mol. The molecule has 0 saturated carbocycles. The first-order chi connectivity index (χ1) is 8.35. The SMILES string of the molecule is O=Cc1cccn1CCCn1cccc1C=O. The van der Waals surface area contributed by atoms with E-state index in [0.29, 0.717) is 11.4 Å². The van der Waals surface area contributed by atoms with Crippen LogP contribution in [0.1, 0.15) is 27.4 Å². The van der Waals surface area contributed by atoms with Gasteiger partial charge in [-0.3, -0.25) is 9.59 Å². The lowest BCUT2D eigenvalue weighted by molar-refractivity contribution is 0.110. The maximum atomic E-state index is 10.7. The Labute approximate surface area is 99.5 Å². The maximum absolute atomic E-state index is 10.7. The van der Waals surface area contributed by atoms with E-state index in [4.69, 9.17) is 0 Å². The van der Waals surface area contributed by atoms with Gasteiger partial charge >= 0.3 is 0 Å². The minimum Gasteiger partial charge on any atom is -0.345 e. The second-order valence-electron chi connectivity index (χ2n) is 3.84. The summed E-state index contributed by atoms with van der Waals surface area (Å²) in [5.74, 6) is 0. The standard InChI is InChI=1S/C13H14N2O2/c16-10-12-4-1-6-14(12)8-3-9-15-7-2-5-13(15)11-17/h1-2,4-7,10-11H,3,8-9H2. The molecule has 0 amide bonds. The molecule has 0 fully saturated rings. The third-order valence-corrected chi connectivity index (χ3v) is 2.77. The second-order valence-corrected chi connectivity index (χ2v) is 3.84. The van der Waals surface area contributed by atoms with Crippen LogP contribution in [0.3, 0.4) is 0 Å². The summed E-state index contributed by atoms with van der Waals surface area (Å²) in [6.45, 7) is 1.55. The Bertz CT molecular complexity index is 465. The van der Waals surface area contributed by atoms with Crippen molar-refractivity contribution in [3.05, 3.63) is 48.0 Å². The van der Waals surface area contributed by atoms with E-state index in [0.717, 1.165) is 32.1 Å². The summed E-state index contributed by atoms with van der Waals surface area (Å²) >= 11 is 0. The Morgan fingerprint density at radius 1 is 0.882 bits per heavy atom. The fourth-order valence-electron chi connectivity index (χ4n) is 1.89. The summed E-state index contributed by atoms with van der Waals surface area (Å²) in [6, 6.07) is 7.30. The van der Waals surface area contributed by atoms with Crippen molar-refractivity contribution < 1.29 is 9.59 Å². The van der Waals surface area contributed by atoms with E-state index in [1.54, 1.807) is 12.1 Å². The van der Waals surface area contributed by atoms with Gasteiger partial charge in [-0.1, -0.05) is 0 Å². The molecule has 0 unspecified atom stereocenters. The number of aryl methyl sites for hydroxylation is 2. The van der Waals surface area contributed by atoms with Crippen molar-refractivity contribution in [3.8, 4) is 0 Å². The first-order valence-electron chi connectivity index (χ1n) is 5.56. The first kappa shape index (κ1) is 11.4. The molecular weight excluding hydrogens is 216 g/mol. The number of rotatable bonds is 6. The van der Waals surface area contributed by atoms with Crippen LogP contribution in [0, 0.1) is 0 Å². The lowest BCUT2D eigenvalue weighted by Crippen LogP contribution is -2.06. The Hall–Kier alpha value is -2.10. The molecule has 0 aliphatic heterocycles. The van der Waals surface area contributed by atoms with Gasteiger partial charge < -0.3 is 9.13 Å². The molecule has 0 bridgehead atoms. The van der Waals surface area contributed by atoms with Crippen LogP contribution in [-0.4, -0.2) is 21.7 Å². The Kier molecular flexibility index (Phi) is 3.55. The Morgan fingerprint density at radius 2 is 1.35 bits per heavy atom. The number of aromatic nitrogens is 2. The van der Waals surface area contributed by atoms with Crippen LogP contribution in [-0.2, 0) is 13.1 Å². The van der Waals surface area contributed by atoms with Crippen molar-refractivity contribution in [1.29, 1.82) is 0 Å². The lowest BCUT2D eigenvalue weighted by atomic mass is 10.3. The molecular formula is C13H14N2O2. The van der Waals surface area contributed by atoms with Gasteiger partial charge in [0.05, 0.1) is 11.4 Å². The van der Waals surface area contributed by atoms with Crippen molar-refractivity contribution in [2.24, 2.45) is 0 Å². The van der Waals surface area contributed by atoms with Crippen molar-refractivity contribution in [3.63, 3.8) is 0 Å². The third kappa shape index (κ3) is 2.53. The van der Waals surface area contributed by atoms with Gasteiger partial charge in [0, 0.05) is 25.5 Å². The fraction of sp³-hybridized carbons (Fsp3) is 0.231. The third-order valence-electron chi connectivity index (χ3n) is 2.77. The number of hydrogen-bond acceptors (Lipinski definition) is 2. The molecule has 4 heteroatoms. The molecule has 0 radical (unpaired) electrons. The second kappa shape index (κ2) is 5.30. The molecule has 4 nitrogen and oxygen atoms in total. The highest BCUT2D eigenvalue weighted by atomic mass is 16.1. The molecule has 2 heterocycles. The average Bonchev–Trinajstić information content (AvgIpc) is 2.97. The summed E-state index contributed by atoms with van der Waals surface area (Å²) in [5.41, 5.74) is 1.38. The molecule has 2 aromatic rings. The zero-order valence-corrected chi connectivity index (χ0v) is 9.45. The van der Waals surface area contributed by atoms with E-state index < -0.39 is 0 Å². The summed E-state index contributed by atoms with van der Waals surface area (Å²) < 4.78 is 3.83. The molecule has 2 rings (SSSR count). The number of aldehydes is 2. The molecule has 0 aromatic carbocycles. The molecule has 88 valence electrons. The minimum atomic E-state index is 0.688. The predicted octanol–water partition coefficient (Wildman–Crippen LogP) is 2.00. The van der Waals surface area contributed by atoms with Gasteiger partial charge in [0.2, 0.25) is 0 Å². The maximum Gasteiger partial charge on any atom is 0.166 e. The molecule has 2 aromatic heterocycles. The molecule has 0 saturated heterocycles. The molecule has 0 spiro atoms. The normalized spacial score (nSPS) is 10.4. The van der Waals surface area contributed by atoms with Gasteiger partial charge in [-0.25, -0.2) is 0 Å². The van der Waals surface area contributed by atoms with E-state index in [1.165, 1.54) is 0 Å². The molecule has 0 N–H and O–H groups in total. The van der Waals surface area contributed by atoms with Crippen LogP contribution in [0.15, 0.2) is 36.7 Å². The highest BCUT2D eigenvalue weighted by Crippen LogP contribution is 2.04. The van der Waals surface area contributed by atoms with E-state index in [2.05, 4.69) is 0 Å². The van der Waals surface area contributed by atoms with Gasteiger partial charge in [-0.05, 0) is 30.7 Å². The molecule has 17 heavy (non-hydrogen) atoms. The van der Waals surface area contributed by atoms with E-state index in [9.17, 15) is 9.59 Å². The van der Waals surface area contributed by atoms with Gasteiger partial charge in [0.1, 0.15) is 0 Å². The minimum absolute atomic E-state index is 0.688. The zero-order chi connectivity index (χ0) is 12.1. The van der Waals surface area contributed by atoms with Crippen LogP contribution in [0.4, 0.5) is 0 Å². The molecule has 0 aliphatic carbocycles. The summed E-state index contributed by atoms with van der Waals surface area (Å²) in [5, 5.41) is 0. The van der Waals surface area contributed by atoms with Gasteiger partial charge in [0.15, 0.2) is 12.6 Å². The number of carbonyl (C=O) groups excluding carboxylic acids is 2. The van der Waals surface area contributed by atoms with E-state index in [1.807, 2.05) is 33.7 Å². The quantitative estimate of drug-likeness (QED) is 0.712. The highest BCUT2D eigenvalue weighted by molar-refractivity contribution is 5.72. The van der Waals surface area contributed by atoms with Crippen LogP contribution in [0.2, 0.25) is 0 Å². The van der Waals surface area contributed by atoms with Crippen LogP contribution >= 0.6 is 0 Å². The van der Waals surface area contributed by atoms with Crippen LogP contribution < -0.4 is 0 Å². The van der Waals surface area contributed by atoms with Crippen molar-refractivity contribution >= 4 is 12.6 Å². The van der Waals surface area contributed by atoms with E-state index >= 15 is 0 Å². The van der Waals surface area contributed by atoms with Gasteiger partial charge in [-0.2, -0.15) is 0 Å². The van der Waals surface area contributed by atoms with Crippen molar-refractivity contribution in [2.75, 3.05) is 0 Å². The number of nitrogens with zero attached hydrogens (tertiary/aromatic N) is 2. The summed E-state index contributed by atoms with van der Waals surface area (Å²) in [6.07, 6.45) is 6.37. The summed E-state index contributed by atoms with van der Waals surface area (Å²) in [7, 11) is 0. The fourth-order valence-corrected chi connectivity index (χ4v) is 1.89.